The Balaban J connectivity index is 1.32. The van der Waals surface area contributed by atoms with E-state index in [0.717, 1.165) is 12.8 Å². The van der Waals surface area contributed by atoms with Gasteiger partial charge in [0.1, 0.15) is 0 Å². The van der Waals surface area contributed by atoms with Crippen LogP contribution in [-0.4, -0.2) is 0 Å². The van der Waals surface area contributed by atoms with Crippen LogP contribution in [0.15, 0.2) is 115 Å². The van der Waals surface area contributed by atoms with Gasteiger partial charge in [0.05, 0.1) is 0 Å². The minimum absolute atomic E-state index is 1.11. The highest BCUT2D eigenvalue weighted by Gasteiger charge is 2.16. The molecule has 0 atom stereocenters. The summed E-state index contributed by atoms with van der Waals surface area (Å²) in [5, 5.41) is 8.17. The van der Waals surface area contributed by atoms with Gasteiger partial charge < -0.3 is 0 Å². The number of aryl methyl sites for hydroxylation is 1. The van der Waals surface area contributed by atoms with Crippen LogP contribution in [0.25, 0.3) is 70.0 Å². The van der Waals surface area contributed by atoms with Gasteiger partial charge in [-0.2, -0.15) is 0 Å². The first-order valence-corrected chi connectivity index (χ1v) is 13.8. The van der Waals surface area contributed by atoms with Crippen molar-refractivity contribution < 1.29 is 0 Å². The summed E-state index contributed by atoms with van der Waals surface area (Å²) < 4.78 is 2.71. The van der Waals surface area contributed by atoms with Gasteiger partial charge in [0.15, 0.2) is 0 Å². The average molecular weight is 489 g/mol. The van der Waals surface area contributed by atoms with Gasteiger partial charge in [-0.15, -0.1) is 11.3 Å². The molecule has 37 heavy (non-hydrogen) atoms. The number of hydrogen-bond acceptors (Lipinski definition) is 1. The maximum atomic E-state index is 2.41. The first kappa shape index (κ1) is 20.9. The first-order valence-electron chi connectivity index (χ1n) is 13.0. The van der Waals surface area contributed by atoms with Crippen LogP contribution in [0.2, 0.25) is 0 Å². The molecular formula is C36H24S. The molecule has 6 aromatic carbocycles. The Bertz CT molecular complexity index is 2040. The van der Waals surface area contributed by atoms with Crippen LogP contribution in [0.3, 0.4) is 0 Å². The van der Waals surface area contributed by atoms with Crippen molar-refractivity contribution in [3.63, 3.8) is 0 Å². The summed E-state index contributed by atoms with van der Waals surface area (Å²) >= 11 is 1.90. The normalized spacial score (nSPS) is 13.1. The average Bonchev–Trinajstić information content (AvgIpc) is 3.36. The van der Waals surface area contributed by atoms with Crippen molar-refractivity contribution in [3.05, 3.63) is 126 Å². The highest BCUT2D eigenvalue weighted by atomic mass is 32.1. The van der Waals surface area contributed by atoms with Crippen LogP contribution in [0.5, 0.6) is 0 Å². The molecule has 0 bridgehead atoms. The van der Waals surface area contributed by atoms with Gasteiger partial charge in [0.2, 0.25) is 0 Å². The van der Waals surface area contributed by atoms with E-state index in [-0.39, 0.29) is 0 Å². The van der Waals surface area contributed by atoms with Gasteiger partial charge in [-0.3, -0.25) is 0 Å². The fourth-order valence-electron chi connectivity index (χ4n) is 6.20. The topological polar surface area (TPSA) is 0 Å². The molecule has 0 saturated heterocycles. The van der Waals surface area contributed by atoms with Crippen LogP contribution in [0.1, 0.15) is 17.5 Å². The maximum absolute atomic E-state index is 2.41. The van der Waals surface area contributed by atoms with Crippen molar-refractivity contribution in [2.24, 2.45) is 0 Å². The van der Waals surface area contributed by atoms with Gasteiger partial charge in [-0.05, 0) is 86.0 Å². The Hall–Kier alpha value is -4.20. The van der Waals surface area contributed by atoms with Gasteiger partial charge in [0, 0.05) is 20.2 Å². The van der Waals surface area contributed by atoms with Crippen molar-refractivity contribution in [2.75, 3.05) is 0 Å². The molecule has 0 fully saturated rings. The second-order valence-electron chi connectivity index (χ2n) is 10.0. The quantitative estimate of drug-likeness (QED) is 0.212. The van der Waals surface area contributed by atoms with Crippen molar-refractivity contribution in [1.82, 2.24) is 0 Å². The van der Waals surface area contributed by atoms with Gasteiger partial charge in [0.25, 0.3) is 0 Å². The van der Waals surface area contributed by atoms with Crippen LogP contribution >= 0.6 is 11.3 Å². The molecule has 1 heterocycles. The Morgan fingerprint density at radius 3 is 2.19 bits per heavy atom. The molecule has 1 heteroatoms. The zero-order chi connectivity index (χ0) is 24.3. The Labute approximate surface area is 220 Å². The number of hydrogen-bond donors (Lipinski definition) is 0. The second-order valence-corrected chi connectivity index (χ2v) is 11.1. The van der Waals surface area contributed by atoms with E-state index in [2.05, 4.69) is 121 Å². The third-order valence-corrected chi connectivity index (χ3v) is 9.15. The van der Waals surface area contributed by atoms with Gasteiger partial charge in [-0.25, -0.2) is 0 Å². The lowest BCUT2D eigenvalue weighted by Gasteiger charge is -2.18. The molecule has 0 aliphatic heterocycles. The maximum Gasteiger partial charge on any atom is 0.0433 e. The van der Waals surface area contributed by atoms with E-state index in [1.807, 2.05) is 11.3 Å². The molecule has 7 aromatic rings. The Morgan fingerprint density at radius 2 is 1.24 bits per heavy atom. The number of rotatable bonds is 2. The lowest BCUT2D eigenvalue weighted by molar-refractivity contribution is 1.00. The summed E-state index contributed by atoms with van der Waals surface area (Å²) in [6, 6.07) is 40.5. The molecule has 8 rings (SSSR count). The summed E-state index contributed by atoms with van der Waals surface area (Å²) in [7, 11) is 0. The van der Waals surface area contributed by atoms with E-state index in [1.54, 1.807) is 0 Å². The molecular weight excluding hydrogens is 464 g/mol. The highest BCUT2D eigenvalue weighted by molar-refractivity contribution is 7.26. The predicted octanol–water partition coefficient (Wildman–Crippen LogP) is 10.7. The fraction of sp³-hybridized carbons (Fsp3) is 0.0556. The number of benzene rings is 6. The zero-order valence-electron chi connectivity index (χ0n) is 20.4. The summed E-state index contributed by atoms with van der Waals surface area (Å²) in [5.41, 5.74) is 8.01. The summed E-state index contributed by atoms with van der Waals surface area (Å²) in [6.45, 7) is 0. The van der Waals surface area contributed by atoms with E-state index in [4.69, 9.17) is 0 Å². The van der Waals surface area contributed by atoms with Crippen molar-refractivity contribution in [3.8, 4) is 22.3 Å². The molecule has 1 aliphatic carbocycles. The SMILES string of the molecule is C1=Cc2c(c3ccccc3c3ccc(-c4cccc(-c5cccc6c5sc5ccccc56)c4)cc23)CC1. The molecule has 0 saturated carbocycles. The number of fused-ring (bicyclic) bond motifs is 9. The van der Waals surface area contributed by atoms with Gasteiger partial charge >= 0.3 is 0 Å². The molecule has 1 aliphatic rings. The van der Waals surface area contributed by atoms with Crippen LogP contribution in [-0.2, 0) is 6.42 Å². The van der Waals surface area contributed by atoms with Crippen LogP contribution in [0, 0.1) is 0 Å². The lowest BCUT2D eigenvalue weighted by Crippen LogP contribution is -1.98. The smallest absolute Gasteiger partial charge is 0.0433 e. The van der Waals surface area contributed by atoms with Crippen LogP contribution < -0.4 is 0 Å². The summed E-state index contributed by atoms with van der Waals surface area (Å²) in [4.78, 5) is 0. The van der Waals surface area contributed by atoms with E-state index in [1.165, 1.54) is 75.1 Å². The molecule has 0 nitrogen and oxygen atoms in total. The van der Waals surface area contributed by atoms with E-state index < -0.39 is 0 Å². The van der Waals surface area contributed by atoms with Gasteiger partial charge in [-0.1, -0.05) is 103 Å². The summed E-state index contributed by atoms with van der Waals surface area (Å²) in [5.74, 6) is 0. The molecule has 174 valence electrons. The predicted molar refractivity (Wildman–Crippen MR) is 163 cm³/mol. The third kappa shape index (κ3) is 3.21. The molecule has 0 radical (unpaired) electrons. The Kier molecular flexibility index (Phi) is 4.62. The first-order chi connectivity index (χ1) is 18.3. The highest BCUT2D eigenvalue weighted by Crippen LogP contribution is 2.42. The largest absolute Gasteiger partial charge is 0.135 e. The third-order valence-electron chi connectivity index (χ3n) is 7.93. The standard InChI is InChI=1S/C36H24S/c1-2-13-29-27(11-1)28-12-3-4-14-30(28)34-22-24(19-20-31(29)34)23-9-7-10-25(21-23)26-16-8-17-33-32-15-5-6-18-35(32)37-36(26)33/h1-2,4-11,13-22H,3,12H2. The fourth-order valence-corrected chi connectivity index (χ4v) is 7.44. The summed E-state index contributed by atoms with van der Waals surface area (Å²) in [6.07, 6.45) is 6.90. The van der Waals surface area contributed by atoms with E-state index in [0.29, 0.717) is 0 Å². The van der Waals surface area contributed by atoms with Crippen LogP contribution in [0.4, 0.5) is 0 Å². The molecule has 0 N–H and O–H groups in total. The number of allylic oxidation sites excluding steroid dienone is 1. The lowest BCUT2D eigenvalue weighted by atomic mass is 9.85. The van der Waals surface area contributed by atoms with Crippen molar-refractivity contribution in [2.45, 2.75) is 12.8 Å². The van der Waals surface area contributed by atoms with Crippen molar-refractivity contribution in [1.29, 1.82) is 0 Å². The molecule has 1 aromatic heterocycles. The monoisotopic (exact) mass is 488 g/mol. The molecule has 0 amide bonds. The van der Waals surface area contributed by atoms with E-state index in [9.17, 15) is 0 Å². The molecule has 0 unspecified atom stereocenters. The second kappa shape index (κ2) is 8.16. The number of thiophene rings is 1. The minimum atomic E-state index is 1.11. The Morgan fingerprint density at radius 1 is 0.514 bits per heavy atom. The minimum Gasteiger partial charge on any atom is -0.135 e. The van der Waals surface area contributed by atoms with E-state index >= 15 is 0 Å². The molecule has 0 spiro atoms. The van der Waals surface area contributed by atoms with Crippen molar-refractivity contribution >= 4 is 59.1 Å². The zero-order valence-corrected chi connectivity index (χ0v) is 21.2.